The van der Waals surface area contributed by atoms with Gasteiger partial charge in [-0.2, -0.15) is 5.26 Å². The summed E-state index contributed by atoms with van der Waals surface area (Å²) in [5, 5.41) is 14.6. The molecule has 17 heavy (non-hydrogen) atoms. The fraction of sp³-hybridized carbons (Fsp3) is 0.214. The molecule has 0 aliphatic heterocycles. The van der Waals surface area contributed by atoms with Crippen LogP contribution in [-0.2, 0) is 0 Å². The highest BCUT2D eigenvalue weighted by atomic mass is 32.1. The van der Waals surface area contributed by atoms with Gasteiger partial charge in [0.2, 0.25) is 0 Å². The highest BCUT2D eigenvalue weighted by Gasteiger charge is 2.11. The number of thiophene rings is 1. The number of anilines is 1. The Labute approximate surface area is 106 Å². The van der Waals surface area contributed by atoms with Gasteiger partial charge in [-0.25, -0.2) is 0 Å². The van der Waals surface area contributed by atoms with Crippen LogP contribution in [0.1, 0.15) is 29.8 Å². The molecule has 0 saturated heterocycles. The van der Waals surface area contributed by atoms with E-state index in [1.165, 1.54) is 4.88 Å². The Morgan fingerprint density at radius 3 is 2.76 bits per heavy atom. The van der Waals surface area contributed by atoms with Gasteiger partial charge in [-0.15, -0.1) is 11.3 Å². The molecule has 0 aliphatic carbocycles. The summed E-state index contributed by atoms with van der Waals surface area (Å²) in [5.74, 6) is 0. The summed E-state index contributed by atoms with van der Waals surface area (Å²) in [5.41, 5.74) is 1.61. The zero-order chi connectivity index (χ0) is 12.1. The number of hydrogen-bond donors (Lipinski definition) is 1. The summed E-state index contributed by atoms with van der Waals surface area (Å²) in [6.45, 7) is 2.15. The standard InChI is InChI=1S/C14H14N2S/c1-2-12(14-8-5-9-17-14)16-13-7-4-3-6-11(13)10-15/h3-9,12,16H,2H2,1H3. The molecule has 86 valence electrons. The predicted octanol–water partition coefficient (Wildman–Crippen LogP) is 4.18. The Morgan fingerprint density at radius 1 is 1.29 bits per heavy atom. The molecule has 1 aromatic carbocycles. The first-order chi connectivity index (χ1) is 8.35. The molecule has 0 spiro atoms. The Hall–Kier alpha value is -1.79. The molecule has 2 aromatic rings. The number of para-hydroxylation sites is 1. The first kappa shape index (κ1) is 11.7. The van der Waals surface area contributed by atoms with Crippen molar-refractivity contribution >= 4 is 17.0 Å². The molecule has 0 radical (unpaired) electrons. The molecule has 1 unspecified atom stereocenters. The van der Waals surface area contributed by atoms with Crippen molar-refractivity contribution in [3.8, 4) is 6.07 Å². The number of nitriles is 1. The predicted molar refractivity (Wildman–Crippen MR) is 72.1 cm³/mol. The summed E-state index contributed by atoms with van der Waals surface area (Å²) < 4.78 is 0. The lowest BCUT2D eigenvalue weighted by molar-refractivity contribution is 0.763. The van der Waals surface area contributed by atoms with Gasteiger partial charge in [0.1, 0.15) is 6.07 Å². The largest absolute Gasteiger partial charge is 0.376 e. The first-order valence-corrected chi connectivity index (χ1v) is 6.52. The lowest BCUT2D eigenvalue weighted by Crippen LogP contribution is -2.09. The molecule has 0 aliphatic rings. The second-order valence-corrected chi connectivity index (χ2v) is 4.76. The van der Waals surface area contributed by atoms with E-state index in [0.29, 0.717) is 5.56 Å². The van der Waals surface area contributed by atoms with Crippen LogP contribution in [0, 0.1) is 11.3 Å². The van der Waals surface area contributed by atoms with E-state index in [4.69, 9.17) is 5.26 Å². The fourth-order valence-corrected chi connectivity index (χ4v) is 2.62. The second kappa shape index (κ2) is 5.51. The summed E-state index contributed by atoms with van der Waals surface area (Å²) in [7, 11) is 0. The minimum atomic E-state index is 0.282. The lowest BCUT2D eigenvalue weighted by atomic mass is 10.1. The monoisotopic (exact) mass is 242 g/mol. The van der Waals surface area contributed by atoms with Crippen molar-refractivity contribution in [3.63, 3.8) is 0 Å². The van der Waals surface area contributed by atoms with Gasteiger partial charge in [-0.3, -0.25) is 0 Å². The minimum Gasteiger partial charge on any atom is -0.376 e. The first-order valence-electron chi connectivity index (χ1n) is 5.64. The van der Waals surface area contributed by atoms with Gasteiger partial charge in [0, 0.05) is 4.88 Å². The summed E-state index contributed by atoms with van der Waals surface area (Å²) in [4.78, 5) is 1.31. The average Bonchev–Trinajstić information content (AvgIpc) is 2.90. The van der Waals surface area contributed by atoms with E-state index in [1.807, 2.05) is 24.3 Å². The Kier molecular flexibility index (Phi) is 3.79. The van der Waals surface area contributed by atoms with Gasteiger partial charge in [-0.1, -0.05) is 25.1 Å². The van der Waals surface area contributed by atoms with Crippen molar-refractivity contribution in [3.05, 3.63) is 52.2 Å². The van der Waals surface area contributed by atoms with E-state index in [0.717, 1.165) is 12.1 Å². The molecule has 1 heterocycles. The minimum absolute atomic E-state index is 0.282. The smallest absolute Gasteiger partial charge is 0.101 e. The molecular formula is C14H14N2S. The van der Waals surface area contributed by atoms with E-state index in [1.54, 1.807) is 11.3 Å². The Balaban J connectivity index is 2.22. The number of rotatable bonds is 4. The Bertz CT molecular complexity index is 511. The van der Waals surface area contributed by atoms with Crippen LogP contribution in [0.15, 0.2) is 41.8 Å². The van der Waals surface area contributed by atoms with Crippen LogP contribution in [0.4, 0.5) is 5.69 Å². The second-order valence-electron chi connectivity index (χ2n) is 3.78. The summed E-state index contributed by atoms with van der Waals surface area (Å²) in [6.07, 6.45) is 1.00. The van der Waals surface area contributed by atoms with E-state index >= 15 is 0 Å². The molecule has 2 rings (SSSR count). The summed E-state index contributed by atoms with van der Waals surface area (Å²) in [6, 6.07) is 14.3. The number of benzene rings is 1. The van der Waals surface area contributed by atoms with Crippen molar-refractivity contribution in [2.24, 2.45) is 0 Å². The van der Waals surface area contributed by atoms with Crippen molar-refractivity contribution in [1.82, 2.24) is 0 Å². The van der Waals surface area contributed by atoms with E-state index in [9.17, 15) is 0 Å². The van der Waals surface area contributed by atoms with Crippen molar-refractivity contribution < 1.29 is 0 Å². The third-order valence-electron chi connectivity index (χ3n) is 2.67. The quantitative estimate of drug-likeness (QED) is 0.872. The van der Waals surface area contributed by atoms with Crippen LogP contribution in [0.3, 0.4) is 0 Å². The van der Waals surface area contributed by atoms with Gasteiger partial charge in [0.15, 0.2) is 0 Å². The van der Waals surface area contributed by atoms with Gasteiger partial charge in [-0.05, 0) is 30.0 Å². The number of nitrogens with one attached hydrogen (secondary N) is 1. The van der Waals surface area contributed by atoms with Gasteiger partial charge < -0.3 is 5.32 Å². The number of hydrogen-bond acceptors (Lipinski definition) is 3. The number of nitrogens with zero attached hydrogens (tertiary/aromatic N) is 1. The third-order valence-corrected chi connectivity index (χ3v) is 3.66. The van der Waals surface area contributed by atoms with Crippen LogP contribution in [0.5, 0.6) is 0 Å². The van der Waals surface area contributed by atoms with Crippen molar-refractivity contribution in [2.75, 3.05) is 5.32 Å². The van der Waals surface area contributed by atoms with Gasteiger partial charge in [0.25, 0.3) is 0 Å². The SMILES string of the molecule is CCC(Nc1ccccc1C#N)c1cccs1. The van der Waals surface area contributed by atoms with E-state index in [-0.39, 0.29) is 6.04 Å². The molecule has 0 bridgehead atoms. The van der Waals surface area contributed by atoms with Crippen LogP contribution in [0.25, 0.3) is 0 Å². The lowest BCUT2D eigenvalue weighted by Gasteiger charge is -2.17. The van der Waals surface area contributed by atoms with Crippen LogP contribution < -0.4 is 5.32 Å². The molecule has 0 fully saturated rings. The van der Waals surface area contributed by atoms with Crippen LogP contribution in [0.2, 0.25) is 0 Å². The summed E-state index contributed by atoms with van der Waals surface area (Å²) >= 11 is 1.74. The maximum Gasteiger partial charge on any atom is 0.101 e. The molecule has 3 heteroatoms. The van der Waals surface area contributed by atoms with Crippen LogP contribution >= 0.6 is 11.3 Å². The zero-order valence-corrected chi connectivity index (χ0v) is 10.5. The molecule has 1 aromatic heterocycles. The van der Waals surface area contributed by atoms with Gasteiger partial charge >= 0.3 is 0 Å². The molecule has 0 saturated carbocycles. The van der Waals surface area contributed by atoms with E-state index < -0.39 is 0 Å². The third kappa shape index (κ3) is 2.66. The zero-order valence-electron chi connectivity index (χ0n) is 9.68. The molecule has 2 nitrogen and oxygen atoms in total. The molecule has 1 N–H and O–H groups in total. The van der Waals surface area contributed by atoms with Crippen molar-refractivity contribution in [1.29, 1.82) is 5.26 Å². The highest BCUT2D eigenvalue weighted by molar-refractivity contribution is 7.10. The molecule has 1 atom stereocenters. The maximum atomic E-state index is 9.05. The fourth-order valence-electron chi connectivity index (χ4n) is 1.76. The highest BCUT2D eigenvalue weighted by Crippen LogP contribution is 2.27. The molecule has 0 amide bonds. The molecular weight excluding hydrogens is 228 g/mol. The maximum absolute atomic E-state index is 9.05. The normalized spacial score (nSPS) is 11.8. The van der Waals surface area contributed by atoms with Crippen LogP contribution in [-0.4, -0.2) is 0 Å². The van der Waals surface area contributed by atoms with Gasteiger partial charge in [0.05, 0.1) is 17.3 Å². The van der Waals surface area contributed by atoms with Crippen molar-refractivity contribution in [2.45, 2.75) is 19.4 Å². The topological polar surface area (TPSA) is 35.8 Å². The average molecular weight is 242 g/mol. The Morgan fingerprint density at radius 2 is 2.12 bits per heavy atom. The van der Waals surface area contributed by atoms with E-state index in [2.05, 4.69) is 35.8 Å².